The van der Waals surface area contributed by atoms with Crippen LogP contribution in [0.15, 0.2) is 48.7 Å². The molecular weight excluding hydrogens is 446 g/mol. The van der Waals surface area contributed by atoms with E-state index >= 15 is 0 Å². The summed E-state index contributed by atoms with van der Waals surface area (Å²) in [7, 11) is 0. The number of carbonyl (C=O) groups excluding carboxylic acids is 1. The van der Waals surface area contributed by atoms with Gasteiger partial charge in [0.2, 0.25) is 0 Å². The van der Waals surface area contributed by atoms with Gasteiger partial charge in [0.05, 0.1) is 0 Å². The van der Waals surface area contributed by atoms with E-state index in [1.165, 1.54) is 32.1 Å². The van der Waals surface area contributed by atoms with Crippen molar-refractivity contribution in [2.75, 3.05) is 5.32 Å². The second kappa shape index (κ2) is 12.4. The van der Waals surface area contributed by atoms with Crippen LogP contribution < -0.4 is 10.1 Å². The van der Waals surface area contributed by atoms with E-state index in [1.807, 2.05) is 48.7 Å². The highest BCUT2D eigenvalue weighted by Gasteiger charge is 2.28. The van der Waals surface area contributed by atoms with E-state index in [9.17, 15) is 4.79 Å². The summed E-state index contributed by atoms with van der Waals surface area (Å²) in [6.07, 6.45) is 11.7. The maximum absolute atomic E-state index is 12.7. The third kappa shape index (κ3) is 8.11. The molecule has 0 saturated carbocycles. The molecule has 0 spiro atoms. The molecule has 0 bridgehead atoms. The van der Waals surface area contributed by atoms with Crippen molar-refractivity contribution in [2.45, 2.75) is 105 Å². The fourth-order valence-corrected chi connectivity index (χ4v) is 5.15. The van der Waals surface area contributed by atoms with Crippen LogP contribution in [-0.2, 0) is 4.79 Å². The predicted molar refractivity (Wildman–Crippen MR) is 151 cm³/mol. The Balaban J connectivity index is 1.80. The molecular formula is C31H45N3O2. The summed E-state index contributed by atoms with van der Waals surface area (Å²) >= 11 is 0. The summed E-state index contributed by atoms with van der Waals surface area (Å²) in [6.45, 7) is 13.4. The van der Waals surface area contributed by atoms with Crippen molar-refractivity contribution in [3.63, 3.8) is 0 Å². The molecule has 0 atom stereocenters. The monoisotopic (exact) mass is 491 g/mol. The van der Waals surface area contributed by atoms with Gasteiger partial charge in [-0.1, -0.05) is 84.4 Å². The number of rotatable bonds is 13. The van der Waals surface area contributed by atoms with Crippen molar-refractivity contribution in [3.8, 4) is 17.0 Å². The Bertz CT molecular complexity index is 1120. The first kappa shape index (κ1) is 27.8. The number of aromatic nitrogens is 2. The smallest absolute Gasteiger partial charge is 0.311 e. The van der Waals surface area contributed by atoms with Crippen LogP contribution in [0.4, 0.5) is 5.82 Å². The van der Waals surface area contributed by atoms with Crippen LogP contribution >= 0.6 is 0 Å². The quantitative estimate of drug-likeness (QED) is 0.148. The Morgan fingerprint density at radius 1 is 0.917 bits per heavy atom. The first-order chi connectivity index (χ1) is 17.1. The molecule has 0 amide bonds. The van der Waals surface area contributed by atoms with E-state index in [0.717, 1.165) is 42.0 Å². The molecule has 1 aromatic carbocycles. The van der Waals surface area contributed by atoms with Gasteiger partial charge in [-0.2, -0.15) is 0 Å². The predicted octanol–water partition coefficient (Wildman–Crippen LogP) is 8.67. The van der Waals surface area contributed by atoms with E-state index in [-0.39, 0.29) is 16.9 Å². The lowest BCUT2D eigenvalue weighted by atomic mass is 9.82. The van der Waals surface area contributed by atoms with Crippen LogP contribution in [-0.4, -0.2) is 20.9 Å². The van der Waals surface area contributed by atoms with E-state index in [4.69, 9.17) is 9.72 Å². The third-order valence-corrected chi connectivity index (χ3v) is 6.31. The van der Waals surface area contributed by atoms with Gasteiger partial charge < -0.3 is 10.1 Å². The average Bonchev–Trinajstić information content (AvgIpc) is 3.14. The number of unbranched alkanes of at least 4 members (excludes halogenated alkanes) is 6. The Morgan fingerprint density at radius 2 is 1.58 bits per heavy atom. The van der Waals surface area contributed by atoms with Gasteiger partial charge in [-0.3, -0.25) is 9.20 Å². The first-order valence-corrected chi connectivity index (χ1v) is 13.6. The number of imidazole rings is 1. The molecule has 1 N–H and O–H groups in total. The van der Waals surface area contributed by atoms with Crippen LogP contribution in [0, 0.1) is 5.41 Å². The molecule has 0 aliphatic heterocycles. The van der Waals surface area contributed by atoms with Gasteiger partial charge in [0, 0.05) is 23.7 Å². The van der Waals surface area contributed by atoms with Gasteiger partial charge in [-0.25, -0.2) is 4.98 Å². The van der Waals surface area contributed by atoms with Crippen LogP contribution in [0.5, 0.6) is 5.75 Å². The van der Waals surface area contributed by atoms with E-state index in [0.29, 0.717) is 12.2 Å². The first-order valence-electron chi connectivity index (χ1n) is 13.6. The number of nitrogens with one attached hydrogen (secondary N) is 1. The minimum atomic E-state index is -0.178. The van der Waals surface area contributed by atoms with Crippen molar-refractivity contribution in [1.82, 2.24) is 9.38 Å². The molecule has 0 radical (unpaired) electrons. The number of hydrogen-bond acceptors (Lipinski definition) is 4. The molecule has 2 aromatic heterocycles. The normalized spacial score (nSPS) is 12.2. The zero-order valence-corrected chi connectivity index (χ0v) is 23.2. The Kier molecular flexibility index (Phi) is 9.58. The summed E-state index contributed by atoms with van der Waals surface area (Å²) in [5.74, 6) is 1.29. The maximum Gasteiger partial charge on any atom is 0.311 e. The molecule has 0 unspecified atom stereocenters. The number of carbonyl (C=O) groups is 1. The number of nitrogens with zero attached hydrogens (tertiary/aromatic N) is 2. The number of ether oxygens (including phenoxy) is 1. The fourth-order valence-electron chi connectivity index (χ4n) is 5.15. The highest BCUT2D eigenvalue weighted by Crippen LogP contribution is 2.38. The Labute approximate surface area is 217 Å². The van der Waals surface area contributed by atoms with Crippen molar-refractivity contribution < 1.29 is 9.53 Å². The molecule has 5 nitrogen and oxygen atoms in total. The minimum Gasteiger partial charge on any atom is -0.426 e. The molecule has 2 heterocycles. The van der Waals surface area contributed by atoms with E-state index in [2.05, 4.69) is 51.3 Å². The number of para-hydroxylation sites is 1. The highest BCUT2D eigenvalue weighted by molar-refractivity contribution is 5.83. The molecule has 0 aliphatic carbocycles. The standard InChI is InChI=1S/C31H45N3O2/c1-7-8-9-10-11-12-13-21-27(35)36-25-19-15-14-18-24(25)28-29(33-31(5,6)23-30(2,3)4)34-22-17-16-20-26(34)32-28/h14-20,22,33H,7-13,21,23H2,1-6H3. The lowest BCUT2D eigenvalue weighted by Gasteiger charge is -2.34. The van der Waals surface area contributed by atoms with Crippen molar-refractivity contribution >= 4 is 17.4 Å². The van der Waals surface area contributed by atoms with Crippen LogP contribution in [0.3, 0.4) is 0 Å². The number of fused-ring (bicyclic) bond motifs is 1. The minimum absolute atomic E-state index is 0.165. The van der Waals surface area contributed by atoms with Gasteiger partial charge in [-0.15, -0.1) is 0 Å². The van der Waals surface area contributed by atoms with Crippen molar-refractivity contribution in [3.05, 3.63) is 48.7 Å². The molecule has 3 aromatic rings. The van der Waals surface area contributed by atoms with Crippen LogP contribution in [0.25, 0.3) is 16.9 Å². The largest absolute Gasteiger partial charge is 0.426 e. The van der Waals surface area contributed by atoms with Crippen molar-refractivity contribution in [2.24, 2.45) is 5.41 Å². The molecule has 5 heteroatoms. The second-order valence-electron chi connectivity index (χ2n) is 11.8. The van der Waals surface area contributed by atoms with Crippen LogP contribution in [0.2, 0.25) is 0 Å². The molecule has 0 fully saturated rings. The molecule has 196 valence electrons. The summed E-state index contributed by atoms with van der Waals surface area (Å²) < 4.78 is 7.97. The fraction of sp³-hybridized carbons (Fsp3) is 0.548. The molecule has 0 saturated heterocycles. The number of hydrogen-bond donors (Lipinski definition) is 1. The molecule has 3 rings (SSSR count). The van der Waals surface area contributed by atoms with Gasteiger partial charge in [0.1, 0.15) is 22.9 Å². The average molecular weight is 492 g/mol. The zero-order valence-electron chi connectivity index (χ0n) is 23.2. The van der Waals surface area contributed by atoms with Gasteiger partial charge in [0.15, 0.2) is 0 Å². The number of benzene rings is 1. The SMILES string of the molecule is CCCCCCCCCC(=O)Oc1ccccc1-c1nc2ccccn2c1NC(C)(C)CC(C)(C)C. The summed E-state index contributed by atoms with van der Waals surface area (Å²) in [5.41, 5.74) is 2.47. The van der Waals surface area contributed by atoms with E-state index in [1.54, 1.807) is 0 Å². The number of pyridine rings is 1. The highest BCUT2D eigenvalue weighted by atomic mass is 16.5. The summed E-state index contributed by atoms with van der Waals surface area (Å²) in [5, 5.41) is 3.77. The number of esters is 1. The third-order valence-electron chi connectivity index (χ3n) is 6.31. The molecule has 36 heavy (non-hydrogen) atoms. The van der Waals surface area contributed by atoms with Crippen LogP contribution in [0.1, 0.15) is 99.3 Å². The van der Waals surface area contributed by atoms with Crippen molar-refractivity contribution in [1.29, 1.82) is 0 Å². The van der Waals surface area contributed by atoms with Gasteiger partial charge in [-0.05, 0) is 56.4 Å². The summed E-state index contributed by atoms with van der Waals surface area (Å²) in [6, 6.07) is 13.7. The molecule has 0 aliphatic rings. The lowest BCUT2D eigenvalue weighted by Crippen LogP contribution is -2.36. The Hall–Kier alpha value is -2.82. The van der Waals surface area contributed by atoms with E-state index < -0.39 is 0 Å². The zero-order chi connectivity index (χ0) is 26.2. The van der Waals surface area contributed by atoms with Gasteiger partial charge in [0.25, 0.3) is 0 Å². The topological polar surface area (TPSA) is 55.6 Å². The number of anilines is 1. The summed E-state index contributed by atoms with van der Waals surface area (Å²) in [4.78, 5) is 17.7. The second-order valence-corrected chi connectivity index (χ2v) is 11.8. The van der Waals surface area contributed by atoms with Gasteiger partial charge >= 0.3 is 5.97 Å². The Morgan fingerprint density at radius 3 is 2.31 bits per heavy atom. The lowest BCUT2D eigenvalue weighted by molar-refractivity contribution is -0.134. The maximum atomic E-state index is 12.7.